The number of nitrogen functional groups attached to an aromatic ring is 1. The van der Waals surface area contributed by atoms with Crippen LogP contribution in [0.4, 0.5) is 11.4 Å². The van der Waals surface area contributed by atoms with Crippen LogP contribution in [0, 0.1) is 0 Å². The van der Waals surface area contributed by atoms with Crippen molar-refractivity contribution in [2.24, 2.45) is 0 Å². The number of rotatable bonds is 9. The third-order valence-corrected chi connectivity index (χ3v) is 5.84. The number of ether oxygens (including phenoxy) is 2. The minimum Gasteiger partial charge on any atom is -0.457 e. The molecule has 0 fully saturated rings. The van der Waals surface area contributed by atoms with Gasteiger partial charge in [0.2, 0.25) is 0 Å². The van der Waals surface area contributed by atoms with Gasteiger partial charge in [-0.2, -0.15) is 5.10 Å². The second kappa shape index (κ2) is 9.43. The third kappa shape index (κ3) is 5.14. The van der Waals surface area contributed by atoms with E-state index < -0.39 is 8.80 Å². The fraction of sp³-hybridized carbons (Fsp3) is 0.286. The highest BCUT2D eigenvalue weighted by atomic mass is 28.3. The van der Waals surface area contributed by atoms with Crippen LogP contribution >= 0.6 is 0 Å². The summed E-state index contributed by atoms with van der Waals surface area (Å²) < 4.78 is 13.6. The number of nitrogens with zero attached hydrogens (tertiary/aromatic N) is 2. The number of benzene rings is 2. The second-order valence-electron chi connectivity index (χ2n) is 7.06. The Morgan fingerprint density at radius 3 is 2.54 bits per heavy atom. The molecule has 0 unspecified atom stereocenters. The van der Waals surface area contributed by atoms with Gasteiger partial charge in [-0.25, -0.2) is 4.68 Å². The summed E-state index contributed by atoms with van der Waals surface area (Å²) in [5, 5.41) is 7.44. The van der Waals surface area contributed by atoms with Gasteiger partial charge in [-0.1, -0.05) is 13.1 Å². The van der Waals surface area contributed by atoms with Crippen molar-refractivity contribution in [3.05, 3.63) is 54.7 Å². The maximum absolute atomic E-state index is 5.94. The lowest BCUT2D eigenvalue weighted by Crippen LogP contribution is -2.10. The Balaban J connectivity index is 1.66. The lowest BCUT2D eigenvalue weighted by Gasteiger charge is -2.11. The fourth-order valence-corrected chi connectivity index (χ4v) is 3.43. The average Bonchev–Trinajstić information content (AvgIpc) is 3.16. The predicted molar refractivity (Wildman–Crippen MR) is 118 cm³/mol. The highest BCUT2D eigenvalue weighted by molar-refractivity contribution is 6.55. The Hall–Kier alpha value is -2.77. The lowest BCUT2D eigenvalue weighted by atomic mass is 10.1. The van der Waals surface area contributed by atoms with Crippen LogP contribution in [-0.4, -0.2) is 32.2 Å². The largest absolute Gasteiger partial charge is 0.457 e. The standard InChI is InChI=1S/C21H28N4O2Si/c1-23-20-14-18(8-9-19(20)22)27-17-6-4-16(5-7-17)21-10-11-24-25(21)15-26-12-13-28(2)3/h4-11,14,23,28H,12-13,15,22H2,1-3H3. The van der Waals surface area contributed by atoms with Crippen molar-refractivity contribution in [2.45, 2.75) is 25.9 Å². The van der Waals surface area contributed by atoms with Crippen LogP contribution in [0.25, 0.3) is 11.3 Å². The van der Waals surface area contributed by atoms with Crippen molar-refractivity contribution >= 4 is 20.2 Å². The molecule has 0 aliphatic carbocycles. The molecule has 3 N–H and O–H groups in total. The van der Waals surface area contributed by atoms with Crippen molar-refractivity contribution in [3.63, 3.8) is 0 Å². The minimum absolute atomic E-state index is 0.472. The Morgan fingerprint density at radius 2 is 1.82 bits per heavy atom. The number of nitrogens with one attached hydrogen (secondary N) is 1. The Morgan fingerprint density at radius 1 is 1.07 bits per heavy atom. The Labute approximate surface area is 167 Å². The van der Waals surface area contributed by atoms with E-state index in [1.54, 1.807) is 6.20 Å². The fourth-order valence-electron chi connectivity index (χ4n) is 2.80. The molecule has 3 aromatic rings. The van der Waals surface area contributed by atoms with Gasteiger partial charge in [-0.05, 0) is 48.5 Å². The summed E-state index contributed by atoms with van der Waals surface area (Å²) in [6.45, 7) is 5.93. The summed E-state index contributed by atoms with van der Waals surface area (Å²) in [5.74, 6) is 1.50. The van der Waals surface area contributed by atoms with E-state index in [0.29, 0.717) is 12.4 Å². The minimum atomic E-state index is -0.576. The van der Waals surface area contributed by atoms with Crippen LogP contribution in [0.2, 0.25) is 19.1 Å². The van der Waals surface area contributed by atoms with Crippen LogP contribution < -0.4 is 15.8 Å². The molecule has 0 aliphatic heterocycles. The van der Waals surface area contributed by atoms with E-state index in [0.717, 1.165) is 35.1 Å². The predicted octanol–water partition coefficient (Wildman–Crippen LogP) is 4.43. The Kier molecular flexibility index (Phi) is 6.73. The van der Waals surface area contributed by atoms with E-state index in [-0.39, 0.29) is 0 Å². The molecule has 0 bridgehead atoms. The molecule has 0 saturated carbocycles. The molecule has 0 aliphatic rings. The molecule has 0 spiro atoms. The molecule has 0 saturated heterocycles. The third-order valence-electron chi connectivity index (χ3n) is 4.45. The van der Waals surface area contributed by atoms with Gasteiger partial charge in [-0.3, -0.25) is 0 Å². The van der Waals surface area contributed by atoms with E-state index in [4.69, 9.17) is 15.2 Å². The summed E-state index contributed by atoms with van der Waals surface area (Å²) in [6, 6.07) is 16.7. The first-order valence-electron chi connectivity index (χ1n) is 9.52. The Bertz CT molecular complexity index is 894. The second-order valence-corrected chi connectivity index (χ2v) is 10.4. The van der Waals surface area contributed by atoms with E-state index in [9.17, 15) is 0 Å². The number of anilines is 2. The first-order chi connectivity index (χ1) is 13.6. The van der Waals surface area contributed by atoms with E-state index in [2.05, 4.69) is 23.5 Å². The average molecular weight is 397 g/mol. The van der Waals surface area contributed by atoms with Gasteiger partial charge >= 0.3 is 0 Å². The SMILES string of the molecule is CNc1cc(Oc2ccc(-c3ccnn3COCC[SiH](C)C)cc2)ccc1N. The quantitative estimate of drug-likeness (QED) is 0.318. The highest BCUT2D eigenvalue weighted by Gasteiger charge is 2.07. The van der Waals surface area contributed by atoms with Crippen molar-refractivity contribution in [1.82, 2.24) is 9.78 Å². The van der Waals surface area contributed by atoms with E-state index >= 15 is 0 Å². The molecule has 7 heteroatoms. The zero-order valence-corrected chi connectivity index (χ0v) is 17.8. The maximum Gasteiger partial charge on any atom is 0.139 e. The highest BCUT2D eigenvalue weighted by Crippen LogP contribution is 2.29. The van der Waals surface area contributed by atoms with Gasteiger partial charge in [0.15, 0.2) is 0 Å². The monoisotopic (exact) mass is 396 g/mol. The summed E-state index contributed by atoms with van der Waals surface area (Å²) in [4.78, 5) is 0. The molecule has 148 valence electrons. The molecule has 0 radical (unpaired) electrons. The van der Waals surface area contributed by atoms with Crippen LogP contribution in [0.15, 0.2) is 54.7 Å². The van der Waals surface area contributed by atoms with Gasteiger partial charge in [0.1, 0.15) is 18.2 Å². The number of hydrogen-bond donors (Lipinski definition) is 2. The van der Waals surface area contributed by atoms with Crippen LogP contribution in [-0.2, 0) is 11.5 Å². The van der Waals surface area contributed by atoms with Crippen LogP contribution in [0.5, 0.6) is 11.5 Å². The maximum atomic E-state index is 5.94. The summed E-state index contributed by atoms with van der Waals surface area (Å²) >= 11 is 0. The van der Waals surface area contributed by atoms with Gasteiger partial charge in [0, 0.05) is 40.3 Å². The normalized spacial score (nSPS) is 11.0. The molecule has 1 heterocycles. The van der Waals surface area contributed by atoms with Crippen molar-refractivity contribution in [3.8, 4) is 22.8 Å². The van der Waals surface area contributed by atoms with Gasteiger partial charge in [-0.15, -0.1) is 0 Å². The molecule has 28 heavy (non-hydrogen) atoms. The van der Waals surface area contributed by atoms with Gasteiger partial charge in [0.25, 0.3) is 0 Å². The van der Waals surface area contributed by atoms with Crippen molar-refractivity contribution in [1.29, 1.82) is 0 Å². The number of hydrogen-bond acceptors (Lipinski definition) is 5. The van der Waals surface area contributed by atoms with Gasteiger partial charge in [0.05, 0.1) is 17.1 Å². The molecule has 6 nitrogen and oxygen atoms in total. The van der Waals surface area contributed by atoms with Crippen molar-refractivity contribution < 1.29 is 9.47 Å². The lowest BCUT2D eigenvalue weighted by molar-refractivity contribution is 0.0801. The summed E-state index contributed by atoms with van der Waals surface area (Å²) in [5.41, 5.74) is 9.54. The number of aromatic nitrogens is 2. The molecule has 1 aromatic heterocycles. The number of nitrogens with two attached hydrogens (primary N) is 1. The molecular formula is C21H28N4O2Si. The topological polar surface area (TPSA) is 74.3 Å². The first-order valence-corrected chi connectivity index (χ1v) is 12.6. The zero-order valence-electron chi connectivity index (χ0n) is 16.7. The molecule has 0 amide bonds. The van der Waals surface area contributed by atoms with Crippen LogP contribution in [0.3, 0.4) is 0 Å². The van der Waals surface area contributed by atoms with Crippen molar-refractivity contribution in [2.75, 3.05) is 24.7 Å². The molecular weight excluding hydrogens is 368 g/mol. The summed E-state index contributed by atoms with van der Waals surface area (Å²) in [6.07, 6.45) is 1.80. The van der Waals surface area contributed by atoms with Crippen LogP contribution in [0.1, 0.15) is 0 Å². The first kappa shape index (κ1) is 20.0. The van der Waals surface area contributed by atoms with E-state index in [1.807, 2.05) is 60.3 Å². The smallest absolute Gasteiger partial charge is 0.139 e. The summed E-state index contributed by atoms with van der Waals surface area (Å²) in [7, 11) is 1.26. The molecule has 2 aromatic carbocycles. The zero-order chi connectivity index (χ0) is 19.9. The molecule has 3 rings (SSSR count). The molecule has 0 atom stereocenters. The van der Waals surface area contributed by atoms with Gasteiger partial charge < -0.3 is 20.5 Å². The van der Waals surface area contributed by atoms with E-state index in [1.165, 1.54) is 6.04 Å².